The fourth-order valence-corrected chi connectivity index (χ4v) is 4.14. The Morgan fingerprint density at radius 3 is 2.35 bits per heavy atom. The normalized spacial score (nSPS) is 22.0. The highest BCUT2D eigenvalue weighted by Gasteiger charge is 2.45. The van der Waals surface area contributed by atoms with Crippen molar-refractivity contribution in [1.29, 1.82) is 0 Å². The lowest BCUT2D eigenvalue weighted by atomic mass is 9.76. The number of nitrogens with zero attached hydrogens (tertiary/aromatic N) is 1. The van der Waals surface area contributed by atoms with Crippen molar-refractivity contribution in [2.45, 2.75) is 77.7 Å². The van der Waals surface area contributed by atoms with Gasteiger partial charge in [0.05, 0.1) is 0 Å². The summed E-state index contributed by atoms with van der Waals surface area (Å²) in [6.45, 7) is 5.37. The molecule has 2 nitrogen and oxygen atoms in total. The van der Waals surface area contributed by atoms with Crippen LogP contribution >= 0.6 is 11.6 Å². The van der Waals surface area contributed by atoms with Gasteiger partial charge < -0.3 is 4.90 Å². The lowest BCUT2D eigenvalue weighted by Gasteiger charge is -2.43. The van der Waals surface area contributed by atoms with Gasteiger partial charge in [-0.15, -0.1) is 11.6 Å². The van der Waals surface area contributed by atoms with Crippen LogP contribution in [0.2, 0.25) is 0 Å². The molecular weight excluding hydrogens is 270 g/mol. The Morgan fingerprint density at radius 2 is 1.90 bits per heavy atom. The van der Waals surface area contributed by atoms with Gasteiger partial charge in [-0.3, -0.25) is 4.79 Å². The van der Waals surface area contributed by atoms with Crippen LogP contribution in [0.25, 0.3) is 0 Å². The molecule has 2 fully saturated rings. The second-order valence-corrected chi connectivity index (χ2v) is 7.59. The molecule has 0 unspecified atom stereocenters. The van der Waals surface area contributed by atoms with Crippen LogP contribution in [0, 0.1) is 11.3 Å². The van der Waals surface area contributed by atoms with Gasteiger partial charge in [0.15, 0.2) is 0 Å². The first-order valence-electron chi connectivity index (χ1n) is 8.46. The molecule has 0 saturated heterocycles. The average Bonchev–Trinajstić information content (AvgIpc) is 2.79. The zero-order valence-corrected chi connectivity index (χ0v) is 13.9. The lowest BCUT2D eigenvalue weighted by molar-refractivity contribution is -0.147. The Balaban J connectivity index is 2.10. The average molecular weight is 300 g/mol. The van der Waals surface area contributed by atoms with E-state index in [1.54, 1.807) is 0 Å². The minimum absolute atomic E-state index is 0.0456. The molecule has 0 bridgehead atoms. The van der Waals surface area contributed by atoms with E-state index in [9.17, 15) is 4.79 Å². The van der Waals surface area contributed by atoms with Gasteiger partial charge >= 0.3 is 0 Å². The molecule has 0 aromatic carbocycles. The molecule has 2 aliphatic carbocycles. The molecule has 116 valence electrons. The molecule has 1 amide bonds. The molecule has 3 heteroatoms. The zero-order chi connectivity index (χ0) is 14.6. The molecule has 0 aromatic rings. The van der Waals surface area contributed by atoms with Gasteiger partial charge in [-0.2, -0.15) is 0 Å². The first-order chi connectivity index (χ1) is 9.59. The second kappa shape index (κ2) is 7.15. The van der Waals surface area contributed by atoms with Gasteiger partial charge in [-0.05, 0) is 50.9 Å². The van der Waals surface area contributed by atoms with Crippen LogP contribution in [-0.4, -0.2) is 29.3 Å². The number of alkyl halides is 1. The predicted octanol–water partition coefficient (Wildman–Crippen LogP) is 4.60. The van der Waals surface area contributed by atoms with E-state index in [2.05, 4.69) is 18.7 Å². The summed E-state index contributed by atoms with van der Waals surface area (Å²) in [5.41, 5.74) is -0.0456. The number of hydrogen-bond acceptors (Lipinski definition) is 1. The van der Waals surface area contributed by atoms with Crippen LogP contribution in [0.5, 0.6) is 0 Å². The predicted molar refractivity (Wildman–Crippen MR) is 85.0 cm³/mol. The highest BCUT2D eigenvalue weighted by molar-refractivity contribution is 6.17. The fourth-order valence-electron chi connectivity index (χ4n) is 4.02. The summed E-state index contributed by atoms with van der Waals surface area (Å²) in [6.07, 6.45) is 10.3. The van der Waals surface area contributed by atoms with Gasteiger partial charge in [0.1, 0.15) is 0 Å². The van der Waals surface area contributed by atoms with Crippen molar-refractivity contribution < 1.29 is 4.79 Å². The van der Waals surface area contributed by atoms with Crippen molar-refractivity contribution in [3.05, 3.63) is 0 Å². The van der Waals surface area contributed by atoms with E-state index in [4.69, 9.17) is 11.6 Å². The van der Waals surface area contributed by atoms with E-state index >= 15 is 0 Å². The Bertz CT molecular complexity index is 319. The van der Waals surface area contributed by atoms with Crippen molar-refractivity contribution in [2.75, 3.05) is 12.4 Å². The number of amides is 1. The molecule has 20 heavy (non-hydrogen) atoms. The molecule has 0 N–H and O–H groups in total. The molecule has 2 saturated carbocycles. The van der Waals surface area contributed by atoms with E-state index in [1.165, 1.54) is 32.1 Å². The van der Waals surface area contributed by atoms with Crippen molar-refractivity contribution >= 4 is 17.5 Å². The maximum Gasteiger partial charge on any atom is 0.229 e. The van der Waals surface area contributed by atoms with Crippen LogP contribution in [0.15, 0.2) is 0 Å². The number of halogens is 1. The molecule has 0 spiro atoms. The number of rotatable bonds is 7. The third kappa shape index (κ3) is 3.50. The standard InChI is InChI=1S/C17H30ClNO/c1-14(2)13-17(9-3-4-10-17)16(20)19(12-6-11-18)15-7-5-8-15/h14-15H,3-13H2,1-2H3. The smallest absolute Gasteiger partial charge is 0.229 e. The van der Waals surface area contributed by atoms with Crippen LogP contribution < -0.4 is 0 Å². The SMILES string of the molecule is CC(C)CC1(C(=O)N(CCCCl)C2CCC2)CCCC1. The highest BCUT2D eigenvalue weighted by Crippen LogP contribution is 2.45. The Morgan fingerprint density at radius 1 is 1.25 bits per heavy atom. The van der Waals surface area contributed by atoms with Crippen LogP contribution in [0.3, 0.4) is 0 Å². The first-order valence-corrected chi connectivity index (χ1v) is 8.99. The molecule has 0 radical (unpaired) electrons. The Hall–Kier alpha value is -0.240. The van der Waals surface area contributed by atoms with Crippen LogP contribution in [0.4, 0.5) is 0 Å². The molecule has 0 aromatic heterocycles. The fraction of sp³-hybridized carbons (Fsp3) is 0.941. The van der Waals surface area contributed by atoms with Gasteiger partial charge in [-0.1, -0.05) is 26.7 Å². The van der Waals surface area contributed by atoms with Crippen molar-refractivity contribution in [3.8, 4) is 0 Å². The Kier molecular flexibility index (Phi) is 5.77. The molecule has 2 aliphatic rings. The summed E-state index contributed by atoms with van der Waals surface area (Å²) in [7, 11) is 0. The van der Waals surface area contributed by atoms with E-state index in [0.717, 1.165) is 32.2 Å². The lowest BCUT2D eigenvalue weighted by Crippen LogP contribution is -2.51. The van der Waals surface area contributed by atoms with Crippen LogP contribution in [0.1, 0.15) is 71.6 Å². The van der Waals surface area contributed by atoms with Gasteiger partial charge in [0.2, 0.25) is 5.91 Å². The number of carbonyl (C=O) groups is 1. The van der Waals surface area contributed by atoms with Crippen molar-refractivity contribution in [1.82, 2.24) is 4.90 Å². The maximum absolute atomic E-state index is 13.2. The van der Waals surface area contributed by atoms with E-state index < -0.39 is 0 Å². The summed E-state index contributed by atoms with van der Waals surface area (Å²) in [5.74, 6) is 1.72. The summed E-state index contributed by atoms with van der Waals surface area (Å²) < 4.78 is 0. The summed E-state index contributed by atoms with van der Waals surface area (Å²) in [4.78, 5) is 15.4. The minimum Gasteiger partial charge on any atom is -0.339 e. The van der Waals surface area contributed by atoms with Crippen LogP contribution in [-0.2, 0) is 4.79 Å². The third-order valence-corrected chi connectivity index (χ3v) is 5.39. The van der Waals surface area contributed by atoms with Gasteiger partial charge in [0, 0.05) is 23.9 Å². The quantitative estimate of drug-likeness (QED) is 0.629. The first kappa shape index (κ1) is 16.1. The third-order valence-electron chi connectivity index (χ3n) is 5.12. The maximum atomic E-state index is 13.2. The van der Waals surface area contributed by atoms with Gasteiger partial charge in [-0.25, -0.2) is 0 Å². The van der Waals surface area contributed by atoms with Crippen molar-refractivity contribution in [3.63, 3.8) is 0 Å². The van der Waals surface area contributed by atoms with Gasteiger partial charge in [0.25, 0.3) is 0 Å². The monoisotopic (exact) mass is 299 g/mol. The second-order valence-electron chi connectivity index (χ2n) is 7.21. The largest absolute Gasteiger partial charge is 0.339 e. The highest BCUT2D eigenvalue weighted by atomic mass is 35.5. The van der Waals surface area contributed by atoms with E-state index in [1.807, 2.05) is 0 Å². The molecule has 2 rings (SSSR count). The zero-order valence-electron chi connectivity index (χ0n) is 13.2. The number of hydrogen-bond donors (Lipinski definition) is 0. The molecule has 0 aliphatic heterocycles. The topological polar surface area (TPSA) is 20.3 Å². The minimum atomic E-state index is -0.0456. The van der Waals surface area contributed by atoms with E-state index in [0.29, 0.717) is 23.7 Å². The number of carbonyl (C=O) groups excluding carboxylic acids is 1. The summed E-state index contributed by atoms with van der Waals surface area (Å²) >= 11 is 5.86. The molecule has 0 atom stereocenters. The Labute approximate surface area is 129 Å². The molecule has 0 heterocycles. The summed E-state index contributed by atoms with van der Waals surface area (Å²) in [5, 5.41) is 0. The summed E-state index contributed by atoms with van der Waals surface area (Å²) in [6, 6.07) is 0.510. The van der Waals surface area contributed by atoms with E-state index in [-0.39, 0.29) is 5.41 Å². The van der Waals surface area contributed by atoms with Crippen molar-refractivity contribution in [2.24, 2.45) is 11.3 Å². The molecular formula is C17H30ClNO.